The number of nitrogens with zero attached hydrogens (tertiary/aromatic N) is 2. The van der Waals surface area contributed by atoms with Gasteiger partial charge in [-0.3, -0.25) is 9.59 Å². The van der Waals surface area contributed by atoms with Crippen LogP contribution in [0.25, 0.3) is 0 Å². The van der Waals surface area contributed by atoms with Crippen molar-refractivity contribution < 1.29 is 19.1 Å². The van der Waals surface area contributed by atoms with Gasteiger partial charge < -0.3 is 20.1 Å². The fourth-order valence-electron chi connectivity index (χ4n) is 3.32. The molecule has 176 valence electrons. The van der Waals surface area contributed by atoms with Crippen molar-refractivity contribution >= 4 is 23.6 Å². The minimum atomic E-state index is -1.30. The summed E-state index contributed by atoms with van der Waals surface area (Å²) in [7, 11) is 0. The van der Waals surface area contributed by atoms with Crippen LogP contribution >= 0.6 is 0 Å². The van der Waals surface area contributed by atoms with Crippen molar-refractivity contribution in [1.82, 2.24) is 10.6 Å². The quantitative estimate of drug-likeness (QED) is 0.571. The van der Waals surface area contributed by atoms with Gasteiger partial charge in [-0.05, 0) is 53.4 Å². The van der Waals surface area contributed by atoms with Gasteiger partial charge in [0.05, 0.1) is 11.1 Å². The summed E-state index contributed by atoms with van der Waals surface area (Å²) in [6, 6.07) is -0.795. The van der Waals surface area contributed by atoms with Gasteiger partial charge in [0.1, 0.15) is 30.7 Å². The fourth-order valence-corrected chi connectivity index (χ4v) is 3.32. The Labute approximate surface area is 186 Å². The molecule has 2 rings (SSSR count). The lowest BCUT2D eigenvalue weighted by Gasteiger charge is -2.30. The first-order chi connectivity index (χ1) is 14.1. The van der Waals surface area contributed by atoms with E-state index in [1.807, 2.05) is 55.4 Å². The van der Waals surface area contributed by atoms with Crippen LogP contribution in [0.3, 0.4) is 0 Å². The zero-order valence-electron chi connectivity index (χ0n) is 20.8. The van der Waals surface area contributed by atoms with E-state index < -0.39 is 17.5 Å². The molecule has 2 aliphatic heterocycles. The molecule has 31 heavy (non-hydrogen) atoms. The third-order valence-corrected chi connectivity index (χ3v) is 5.55. The maximum atomic E-state index is 13.2. The highest BCUT2D eigenvalue weighted by molar-refractivity contribution is 6.06. The zero-order valence-corrected chi connectivity index (χ0v) is 20.8. The number of aliphatic imine (C=N–C) groups is 2. The molecule has 0 saturated carbocycles. The van der Waals surface area contributed by atoms with Crippen molar-refractivity contribution in [2.45, 2.75) is 92.4 Å². The van der Waals surface area contributed by atoms with Gasteiger partial charge in [-0.1, -0.05) is 27.7 Å². The van der Waals surface area contributed by atoms with Gasteiger partial charge in [0.25, 0.3) is 0 Å². The van der Waals surface area contributed by atoms with Gasteiger partial charge in [0.2, 0.25) is 23.6 Å². The fraction of sp³-hybridized carbons (Fsp3) is 0.826. The second-order valence-electron chi connectivity index (χ2n) is 11.1. The number of carbonyl (C=O) groups is 2. The number of rotatable bonds is 8. The molecule has 0 saturated heterocycles. The molecule has 2 aliphatic rings. The van der Waals surface area contributed by atoms with Crippen molar-refractivity contribution in [3.05, 3.63) is 0 Å². The molecule has 0 bridgehead atoms. The summed E-state index contributed by atoms with van der Waals surface area (Å²) in [5.41, 5.74) is -1.94. The highest BCUT2D eigenvalue weighted by atomic mass is 16.5. The predicted molar refractivity (Wildman–Crippen MR) is 122 cm³/mol. The lowest BCUT2D eigenvalue weighted by Crippen LogP contribution is -2.56. The molecule has 2 atom stereocenters. The predicted octanol–water partition coefficient (Wildman–Crippen LogP) is 2.71. The third kappa shape index (κ3) is 5.98. The monoisotopic (exact) mass is 436 g/mol. The van der Waals surface area contributed by atoms with Crippen LogP contribution in [0.15, 0.2) is 9.98 Å². The minimum Gasteiger partial charge on any atom is -0.477 e. The van der Waals surface area contributed by atoms with E-state index in [0.29, 0.717) is 25.0 Å². The molecule has 0 aromatic rings. The smallest absolute Gasteiger partial charge is 0.235 e. The van der Waals surface area contributed by atoms with Crippen LogP contribution in [-0.2, 0) is 19.1 Å². The SMILES string of the molecule is CC(C)[C@H](NC(=O)C(C)(C)C(=O)N[C@H](C1=NC(C)(C)CO1)C(C)C)C1=NC(C)(C)CO1. The summed E-state index contributed by atoms with van der Waals surface area (Å²) in [5.74, 6) is 0.388. The van der Waals surface area contributed by atoms with E-state index >= 15 is 0 Å². The number of amides is 2. The van der Waals surface area contributed by atoms with Gasteiger partial charge >= 0.3 is 0 Å². The molecule has 0 aromatic heterocycles. The molecule has 0 spiro atoms. The van der Waals surface area contributed by atoms with E-state index in [-0.39, 0.29) is 34.7 Å². The van der Waals surface area contributed by atoms with Gasteiger partial charge in [0.15, 0.2) is 0 Å². The maximum absolute atomic E-state index is 13.2. The van der Waals surface area contributed by atoms with Crippen molar-refractivity contribution in [2.75, 3.05) is 13.2 Å². The molecular weight excluding hydrogens is 396 g/mol. The Morgan fingerprint density at radius 1 is 0.806 bits per heavy atom. The van der Waals surface area contributed by atoms with Crippen molar-refractivity contribution in [2.24, 2.45) is 27.2 Å². The van der Waals surface area contributed by atoms with Crippen LogP contribution in [-0.4, -0.2) is 60.0 Å². The first kappa shape index (κ1) is 25.1. The van der Waals surface area contributed by atoms with Crippen LogP contribution in [0.2, 0.25) is 0 Å². The number of nitrogens with one attached hydrogen (secondary N) is 2. The van der Waals surface area contributed by atoms with E-state index in [9.17, 15) is 9.59 Å². The molecule has 0 aromatic carbocycles. The Morgan fingerprint density at radius 2 is 1.13 bits per heavy atom. The lowest BCUT2D eigenvalue weighted by atomic mass is 9.88. The van der Waals surface area contributed by atoms with Crippen molar-refractivity contribution in [1.29, 1.82) is 0 Å². The highest BCUT2D eigenvalue weighted by Crippen LogP contribution is 2.24. The number of ether oxygens (including phenoxy) is 2. The number of hydrogen-bond acceptors (Lipinski definition) is 6. The van der Waals surface area contributed by atoms with E-state index in [1.165, 1.54) is 0 Å². The average molecular weight is 437 g/mol. The largest absolute Gasteiger partial charge is 0.477 e. The molecule has 0 aliphatic carbocycles. The summed E-state index contributed by atoms with van der Waals surface area (Å²) in [4.78, 5) is 35.6. The standard InChI is InChI=1S/C23H40N4O4/c1-13(2)15(17-26-21(5,6)11-30-17)24-19(28)23(9,10)20(29)25-16(14(3)4)18-27-22(7,8)12-31-18/h13-16H,11-12H2,1-10H3,(H,24,28)(H,25,29)/t15-,16-/m0/s1. The van der Waals surface area contributed by atoms with E-state index in [1.54, 1.807) is 13.8 Å². The molecule has 0 radical (unpaired) electrons. The van der Waals surface area contributed by atoms with Crippen molar-refractivity contribution in [3.8, 4) is 0 Å². The Kier molecular flexibility index (Phi) is 7.13. The summed E-state index contributed by atoms with van der Waals surface area (Å²) in [5, 5.41) is 5.97. The number of hydrogen-bond donors (Lipinski definition) is 2. The Balaban J connectivity index is 2.15. The van der Waals surface area contributed by atoms with Gasteiger partial charge in [-0.2, -0.15) is 0 Å². The summed E-state index contributed by atoms with van der Waals surface area (Å²) in [6.07, 6.45) is 0. The summed E-state index contributed by atoms with van der Waals surface area (Å²) >= 11 is 0. The molecule has 0 unspecified atom stereocenters. The van der Waals surface area contributed by atoms with Gasteiger partial charge in [0, 0.05) is 0 Å². The Morgan fingerprint density at radius 3 is 1.35 bits per heavy atom. The third-order valence-electron chi connectivity index (χ3n) is 5.55. The highest BCUT2D eigenvalue weighted by Gasteiger charge is 2.42. The first-order valence-electron chi connectivity index (χ1n) is 11.1. The molecule has 2 N–H and O–H groups in total. The topological polar surface area (TPSA) is 101 Å². The molecule has 0 fully saturated rings. The molecule has 8 nitrogen and oxygen atoms in total. The van der Waals surface area contributed by atoms with Gasteiger partial charge in [-0.15, -0.1) is 0 Å². The first-order valence-corrected chi connectivity index (χ1v) is 11.1. The van der Waals surface area contributed by atoms with E-state index in [2.05, 4.69) is 20.6 Å². The second-order valence-corrected chi connectivity index (χ2v) is 11.1. The minimum absolute atomic E-state index is 0.0577. The van der Waals surface area contributed by atoms with Gasteiger partial charge in [-0.25, -0.2) is 9.98 Å². The molecule has 8 heteroatoms. The van der Waals surface area contributed by atoms with E-state index in [4.69, 9.17) is 9.47 Å². The Hall–Kier alpha value is -2.12. The molecule has 2 amide bonds. The summed E-state index contributed by atoms with van der Waals surface area (Å²) < 4.78 is 11.5. The normalized spacial score (nSPS) is 21.7. The maximum Gasteiger partial charge on any atom is 0.235 e. The van der Waals surface area contributed by atoms with Crippen LogP contribution in [0.5, 0.6) is 0 Å². The molecule has 2 heterocycles. The second kappa shape index (κ2) is 8.79. The Bertz CT molecular complexity index is 704. The molecular formula is C23H40N4O4. The average Bonchev–Trinajstić information content (AvgIpc) is 3.17. The summed E-state index contributed by atoms with van der Waals surface area (Å²) in [6.45, 7) is 20.1. The lowest BCUT2D eigenvalue weighted by molar-refractivity contribution is -0.142. The van der Waals surface area contributed by atoms with Crippen LogP contribution in [0.4, 0.5) is 0 Å². The van der Waals surface area contributed by atoms with Crippen LogP contribution < -0.4 is 10.6 Å². The van der Waals surface area contributed by atoms with Crippen LogP contribution in [0, 0.1) is 17.3 Å². The van der Waals surface area contributed by atoms with Crippen molar-refractivity contribution in [3.63, 3.8) is 0 Å². The van der Waals surface area contributed by atoms with E-state index in [0.717, 1.165) is 0 Å². The zero-order chi connectivity index (χ0) is 23.8. The number of carbonyl (C=O) groups excluding carboxylic acids is 2. The van der Waals surface area contributed by atoms with Crippen LogP contribution in [0.1, 0.15) is 69.2 Å².